The number of anilines is 2. The van der Waals surface area contributed by atoms with Gasteiger partial charge in [-0.15, -0.1) is 0 Å². The van der Waals surface area contributed by atoms with Crippen LogP contribution in [0.15, 0.2) is 54.6 Å². The molecule has 2 rings (SSSR count). The molecule has 0 bridgehead atoms. The minimum atomic E-state index is -0.380. The number of nitrogens with zero attached hydrogens (tertiary/aromatic N) is 2. The number of alkyl halides is 1. The van der Waals surface area contributed by atoms with Crippen molar-refractivity contribution in [3.8, 4) is 0 Å². The fourth-order valence-corrected chi connectivity index (χ4v) is 2.24. The lowest BCUT2D eigenvalue weighted by molar-refractivity contribution is -0.384. The van der Waals surface area contributed by atoms with Crippen LogP contribution < -0.4 is 4.90 Å². The van der Waals surface area contributed by atoms with Crippen molar-refractivity contribution in [2.24, 2.45) is 0 Å². The van der Waals surface area contributed by atoms with Gasteiger partial charge in [-0.2, -0.15) is 0 Å². The van der Waals surface area contributed by atoms with E-state index in [-0.39, 0.29) is 10.6 Å². The van der Waals surface area contributed by atoms with Crippen molar-refractivity contribution >= 4 is 33.0 Å². The van der Waals surface area contributed by atoms with Gasteiger partial charge in [-0.25, -0.2) is 0 Å². The predicted octanol–water partition coefficient (Wildman–Crippen LogP) is 4.52. The Morgan fingerprint density at radius 2 is 1.60 bits per heavy atom. The molecule has 104 valence electrons. The van der Waals surface area contributed by atoms with E-state index in [2.05, 4.69) is 20.8 Å². The van der Waals surface area contributed by atoms with E-state index in [0.29, 0.717) is 0 Å². The summed E-state index contributed by atoms with van der Waals surface area (Å²) >= 11 is 3.44. The van der Waals surface area contributed by atoms with Gasteiger partial charge in [0, 0.05) is 35.4 Å². The second-order valence-electron chi connectivity index (χ2n) is 4.30. The lowest BCUT2D eigenvalue weighted by Crippen LogP contribution is -2.18. The summed E-state index contributed by atoms with van der Waals surface area (Å²) in [6, 6.07) is 16.7. The summed E-state index contributed by atoms with van der Waals surface area (Å²) in [5.41, 5.74) is 2.16. The number of hydrogen-bond donors (Lipinski definition) is 0. The van der Waals surface area contributed by atoms with Gasteiger partial charge in [0.15, 0.2) is 0 Å². The molecule has 0 atom stereocenters. The third kappa shape index (κ3) is 3.57. The first-order valence-electron chi connectivity index (χ1n) is 6.35. The zero-order valence-electron chi connectivity index (χ0n) is 10.9. The Hall–Kier alpha value is -1.88. The molecule has 0 amide bonds. The molecule has 0 unspecified atom stereocenters. The van der Waals surface area contributed by atoms with Gasteiger partial charge in [0.25, 0.3) is 5.69 Å². The first kappa shape index (κ1) is 14.5. The smallest absolute Gasteiger partial charge is 0.269 e. The van der Waals surface area contributed by atoms with Gasteiger partial charge in [-0.1, -0.05) is 34.1 Å². The molecular formula is C15H15BrN2O2. The quantitative estimate of drug-likeness (QED) is 0.443. The van der Waals surface area contributed by atoms with Crippen molar-refractivity contribution in [1.29, 1.82) is 0 Å². The van der Waals surface area contributed by atoms with E-state index >= 15 is 0 Å². The Balaban J connectivity index is 2.28. The summed E-state index contributed by atoms with van der Waals surface area (Å²) in [7, 11) is 0. The van der Waals surface area contributed by atoms with E-state index in [1.54, 1.807) is 24.3 Å². The molecule has 0 aliphatic heterocycles. The first-order valence-corrected chi connectivity index (χ1v) is 7.47. The Kier molecular flexibility index (Phi) is 5.12. The molecule has 0 aliphatic rings. The SMILES string of the molecule is O=[N+]([O-])c1ccc(N(CCCBr)c2ccccc2)cc1. The maximum absolute atomic E-state index is 10.7. The van der Waals surface area contributed by atoms with E-state index in [1.807, 2.05) is 30.3 Å². The van der Waals surface area contributed by atoms with Crippen molar-refractivity contribution in [1.82, 2.24) is 0 Å². The molecule has 0 fully saturated rings. The van der Waals surface area contributed by atoms with Crippen molar-refractivity contribution < 1.29 is 4.92 Å². The highest BCUT2D eigenvalue weighted by atomic mass is 79.9. The molecule has 4 nitrogen and oxygen atoms in total. The molecule has 5 heteroatoms. The average molecular weight is 335 g/mol. The second-order valence-corrected chi connectivity index (χ2v) is 5.10. The van der Waals surface area contributed by atoms with E-state index in [0.717, 1.165) is 29.7 Å². The fraction of sp³-hybridized carbons (Fsp3) is 0.200. The predicted molar refractivity (Wildman–Crippen MR) is 85.0 cm³/mol. The Labute approximate surface area is 126 Å². The average Bonchev–Trinajstić information content (AvgIpc) is 2.49. The zero-order chi connectivity index (χ0) is 14.4. The van der Waals surface area contributed by atoms with Gasteiger partial charge in [0.2, 0.25) is 0 Å². The van der Waals surface area contributed by atoms with Crippen LogP contribution in [0.2, 0.25) is 0 Å². The number of benzene rings is 2. The summed E-state index contributed by atoms with van der Waals surface area (Å²) in [4.78, 5) is 12.5. The molecule has 0 radical (unpaired) electrons. The highest BCUT2D eigenvalue weighted by Crippen LogP contribution is 2.27. The number of para-hydroxylation sites is 1. The number of halogens is 1. The van der Waals surface area contributed by atoms with Crippen LogP contribution in [0.1, 0.15) is 6.42 Å². The van der Waals surface area contributed by atoms with Gasteiger partial charge in [0.1, 0.15) is 0 Å². The van der Waals surface area contributed by atoms with E-state index < -0.39 is 0 Å². The molecule has 0 spiro atoms. The third-order valence-corrected chi connectivity index (χ3v) is 3.52. The molecule has 20 heavy (non-hydrogen) atoms. The van der Waals surface area contributed by atoms with Crippen molar-refractivity contribution in [3.05, 3.63) is 64.7 Å². The molecule has 2 aromatic rings. The maximum atomic E-state index is 10.7. The molecule has 0 saturated heterocycles. The first-order chi connectivity index (χ1) is 9.72. The number of hydrogen-bond acceptors (Lipinski definition) is 3. The van der Waals surface area contributed by atoms with Crippen LogP contribution in [0.3, 0.4) is 0 Å². The van der Waals surface area contributed by atoms with Crippen LogP contribution in [0.4, 0.5) is 17.1 Å². The van der Waals surface area contributed by atoms with Crippen LogP contribution in [-0.2, 0) is 0 Å². The third-order valence-electron chi connectivity index (χ3n) is 2.96. The summed E-state index contributed by atoms with van der Waals surface area (Å²) in [5.74, 6) is 0. The van der Waals surface area contributed by atoms with Crippen molar-refractivity contribution in [2.45, 2.75) is 6.42 Å². The second kappa shape index (κ2) is 7.05. The Morgan fingerprint density at radius 1 is 1.00 bits per heavy atom. The summed E-state index contributed by atoms with van der Waals surface area (Å²) in [6.45, 7) is 0.854. The van der Waals surface area contributed by atoms with E-state index in [4.69, 9.17) is 0 Å². The van der Waals surface area contributed by atoms with Crippen LogP contribution >= 0.6 is 15.9 Å². The molecule has 0 N–H and O–H groups in total. The van der Waals surface area contributed by atoms with E-state index in [1.165, 1.54) is 0 Å². The lowest BCUT2D eigenvalue weighted by atomic mass is 10.2. The number of nitro benzene ring substituents is 1. The van der Waals surface area contributed by atoms with Crippen molar-refractivity contribution in [3.63, 3.8) is 0 Å². The van der Waals surface area contributed by atoms with E-state index in [9.17, 15) is 10.1 Å². The lowest BCUT2D eigenvalue weighted by Gasteiger charge is -2.24. The van der Waals surface area contributed by atoms with Crippen LogP contribution in [0.25, 0.3) is 0 Å². The number of non-ortho nitro benzene ring substituents is 1. The van der Waals surface area contributed by atoms with Gasteiger partial charge in [-0.05, 0) is 30.7 Å². The largest absolute Gasteiger partial charge is 0.341 e. The highest BCUT2D eigenvalue weighted by molar-refractivity contribution is 9.09. The Morgan fingerprint density at radius 3 is 2.15 bits per heavy atom. The summed E-state index contributed by atoms with van der Waals surface area (Å²) in [6.07, 6.45) is 0.992. The minimum absolute atomic E-state index is 0.113. The minimum Gasteiger partial charge on any atom is -0.341 e. The maximum Gasteiger partial charge on any atom is 0.269 e. The highest BCUT2D eigenvalue weighted by Gasteiger charge is 2.11. The molecule has 0 heterocycles. The molecule has 0 saturated carbocycles. The van der Waals surface area contributed by atoms with Gasteiger partial charge in [-0.3, -0.25) is 10.1 Å². The number of rotatable bonds is 6. The van der Waals surface area contributed by atoms with Gasteiger partial charge in [0.05, 0.1) is 4.92 Å². The zero-order valence-corrected chi connectivity index (χ0v) is 12.5. The monoisotopic (exact) mass is 334 g/mol. The fourth-order valence-electron chi connectivity index (χ4n) is 1.99. The van der Waals surface area contributed by atoms with Crippen LogP contribution in [-0.4, -0.2) is 16.8 Å². The molecule has 0 aromatic heterocycles. The molecular weight excluding hydrogens is 320 g/mol. The van der Waals surface area contributed by atoms with Crippen molar-refractivity contribution in [2.75, 3.05) is 16.8 Å². The van der Waals surface area contributed by atoms with Crippen LogP contribution in [0, 0.1) is 10.1 Å². The summed E-state index contributed by atoms with van der Waals surface area (Å²) < 4.78 is 0. The standard InChI is InChI=1S/C15H15BrN2O2/c16-11-4-12-17(13-5-2-1-3-6-13)14-7-9-15(10-8-14)18(19)20/h1-3,5-10H,4,11-12H2. The Bertz CT molecular complexity index is 558. The van der Waals surface area contributed by atoms with Gasteiger partial charge < -0.3 is 4.90 Å². The molecule has 0 aliphatic carbocycles. The van der Waals surface area contributed by atoms with Gasteiger partial charge >= 0.3 is 0 Å². The number of nitro groups is 1. The van der Waals surface area contributed by atoms with Crippen LogP contribution in [0.5, 0.6) is 0 Å². The topological polar surface area (TPSA) is 46.4 Å². The normalized spacial score (nSPS) is 10.2. The summed E-state index contributed by atoms with van der Waals surface area (Å²) in [5, 5.41) is 11.6. The molecule has 2 aromatic carbocycles.